The summed E-state index contributed by atoms with van der Waals surface area (Å²) in [4.78, 5) is 36.5. The van der Waals surface area contributed by atoms with E-state index in [4.69, 9.17) is 8.57 Å². The quantitative estimate of drug-likeness (QED) is 0.586. The van der Waals surface area contributed by atoms with Gasteiger partial charge in [0.1, 0.15) is 0 Å². The SMILES string of the molecule is O=C1N2CC(c3ccncc3)=CC(C2)N1OS(=O)(=O)ON1C(=O)N2CC(c3ccncc3)=CC1C2. The predicted octanol–water partition coefficient (Wildman–Crippen LogP) is 1.29. The second-order valence-electron chi connectivity index (χ2n) is 8.53. The Balaban J connectivity index is 1.19. The number of rotatable bonds is 6. The van der Waals surface area contributed by atoms with Crippen molar-refractivity contribution in [3.05, 3.63) is 72.3 Å². The van der Waals surface area contributed by atoms with Crippen LogP contribution in [0.1, 0.15) is 11.1 Å². The first-order chi connectivity index (χ1) is 16.9. The number of hydrogen-bond acceptors (Lipinski definition) is 8. The molecule has 6 heterocycles. The van der Waals surface area contributed by atoms with Gasteiger partial charge in [0.05, 0.1) is 12.1 Å². The molecule has 0 spiro atoms. The third-order valence-electron chi connectivity index (χ3n) is 6.29. The average molecular weight is 497 g/mol. The van der Waals surface area contributed by atoms with Gasteiger partial charge in [-0.25, -0.2) is 9.59 Å². The first-order valence-electron chi connectivity index (χ1n) is 10.9. The van der Waals surface area contributed by atoms with Crippen LogP contribution in [0, 0.1) is 0 Å². The molecule has 4 aliphatic rings. The molecule has 2 fully saturated rings. The number of urea groups is 2. The Hall–Kier alpha value is -3.81. The maximum atomic E-state index is 12.8. The summed E-state index contributed by atoms with van der Waals surface area (Å²) < 4.78 is 35.7. The molecule has 0 N–H and O–H groups in total. The highest BCUT2D eigenvalue weighted by molar-refractivity contribution is 7.81. The highest BCUT2D eigenvalue weighted by atomic mass is 32.3. The third kappa shape index (κ3) is 3.92. The molecule has 4 bridgehead atoms. The Labute approximate surface area is 200 Å². The van der Waals surface area contributed by atoms with Crippen LogP contribution in [0.2, 0.25) is 0 Å². The molecule has 180 valence electrons. The Morgan fingerprint density at radius 2 is 1.11 bits per heavy atom. The summed E-state index contributed by atoms with van der Waals surface area (Å²) in [7, 11) is -4.78. The molecule has 12 nitrogen and oxygen atoms in total. The van der Waals surface area contributed by atoms with Crippen LogP contribution < -0.4 is 0 Å². The minimum atomic E-state index is -4.78. The summed E-state index contributed by atoms with van der Waals surface area (Å²) in [5.74, 6) is 0. The van der Waals surface area contributed by atoms with E-state index in [1.54, 1.807) is 36.9 Å². The smallest absolute Gasteiger partial charge is 0.316 e. The molecule has 2 atom stereocenters. The molecule has 0 saturated carbocycles. The molecule has 13 heteroatoms. The minimum Gasteiger partial charge on any atom is -0.316 e. The lowest BCUT2D eigenvalue weighted by molar-refractivity contribution is -0.0723. The van der Waals surface area contributed by atoms with Crippen molar-refractivity contribution in [2.24, 2.45) is 0 Å². The van der Waals surface area contributed by atoms with Crippen LogP contribution in [0.15, 0.2) is 61.2 Å². The number of carbonyl (C=O) groups is 2. The van der Waals surface area contributed by atoms with Gasteiger partial charge in [-0.1, -0.05) is 12.2 Å². The van der Waals surface area contributed by atoms with Gasteiger partial charge in [0.25, 0.3) is 0 Å². The summed E-state index contributed by atoms with van der Waals surface area (Å²) in [5.41, 5.74) is 3.46. The molecular formula is C22H20N6O6S. The summed E-state index contributed by atoms with van der Waals surface area (Å²) >= 11 is 0. The molecular weight excluding hydrogens is 476 g/mol. The van der Waals surface area contributed by atoms with Gasteiger partial charge in [-0.2, -0.15) is 18.5 Å². The van der Waals surface area contributed by atoms with Crippen molar-refractivity contribution < 1.29 is 26.6 Å². The molecule has 2 aromatic rings. The highest BCUT2D eigenvalue weighted by Crippen LogP contribution is 2.32. The fraction of sp³-hybridized carbons (Fsp3) is 0.273. The van der Waals surface area contributed by atoms with Crippen LogP contribution in [-0.4, -0.2) is 88.6 Å². The first-order valence-corrected chi connectivity index (χ1v) is 12.2. The predicted molar refractivity (Wildman–Crippen MR) is 121 cm³/mol. The van der Waals surface area contributed by atoms with E-state index < -0.39 is 34.5 Å². The van der Waals surface area contributed by atoms with Gasteiger partial charge in [0.2, 0.25) is 0 Å². The van der Waals surface area contributed by atoms with Gasteiger partial charge in [-0.15, -0.1) is 8.57 Å². The molecule has 0 aromatic carbocycles. The van der Waals surface area contributed by atoms with Crippen molar-refractivity contribution in [1.82, 2.24) is 29.9 Å². The standard InChI is InChI=1S/C22H20N6O6S/c29-21-25-11-17(15-1-5-23-6-2-15)9-19(13-25)27(21)33-35(31,32)34-28-20-10-18(12-26(14-20)22(28)30)16-3-7-24-8-4-16/h1-10,19-20H,11-14H2. The van der Waals surface area contributed by atoms with Crippen molar-refractivity contribution in [2.75, 3.05) is 26.2 Å². The average Bonchev–Trinajstić information content (AvgIpc) is 3.22. The van der Waals surface area contributed by atoms with E-state index in [1.165, 1.54) is 9.80 Å². The topological polar surface area (TPSA) is 125 Å². The van der Waals surface area contributed by atoms with Crippen LogP contribution >= 0.6 is 0 Å². The highest BCUT2D eigenvalue weighted by Gasteiger charge is 2.47. The van der Waals surface area contributed by atoms with E-state index in [-0.39, 0.29) is 13.1 Å². The third-order valence-corrected chi connectivity index (χ3v) is 6.98. The summed E-state index contributed by atoms with van der Waals surface area (Å²) in [5, 5.41) is 1.55. The Morgan fingerprint density at radius 1 is 0.714 bits per heavy atom. The van der Waals surface area contributed by atoms with E-state index in [9.17, 15) is 18.0 Å². The second-order valence-corrected chi connectivity index (χ2v) is 9.64. The fourth-order valence-electron chi connectivity index (χ4n) is 4.70. The Kier molecular flexibility index (Phi) is 5.05. The molecule has 0 aliphatic carbocycles. The van der Waals surface area contributed by atoms with Gasteiger partial charge >= 0.3 is 22.5 Å². The van der Waals surface area contributed by atoms with Gasteiger partial charge in [-0.3, -0.25) is 9.97 Å². The van der Waals surface area contributed by atoms with E-state index >= 15 is 0 Å². The molecule has 6 rings (SSSR count). The number of hydroxylamine groups is 4. The largest absolute Gasteiger partial charge is 0.442 e. The van der Waals surface area contributed by atoms with Crippen LogP contribution in [0.3, 0.4) is 0 Å². The zero-order valence-corrected chi connectivity index (χ0v) is 19.1. The van der Waals surface area contributed by atoms with Crippen molar-refractivity contribution in [3.63, 3.8) is 0 Å². The first kappa shape index (κ1) is 21.7. The Morgan fingerprint density at radius 3 is 1.51 bits per heavy atom. The van der Waals surface area contributed by atoms with Crippen LogP contribution in [0.5, 0.6) is 0 Å². The lowest BCUT2D eigenvalue weighted by Crippen LogP contribution is -2.40. The molecule has 2 unspecified atom stereocenters. The lowest BCUT2D eigenvalue weighted by Gasteiger charge is -2.23. The number of amides is 4. The van der Waals surface area contributed by atoms with Crippen molar-refractivity contribution in [2.45, 2.75) is 12.1 Å². The maximum absolute atomic E-state index is 12.8. The maximum Gasteiger partial charge on any atom is 0.442 e. The van der Waals surface area contributed by atoms with E-state index in [2.05, 4.69) is 9.97 Å². The molecule has 2 saturated heterocycles. The van der Waals surface area contributed by atoms with Crippen LogP contribution in [0.4, 0.5) is 9.59 Å². The monoisotopic (exact) mass is 496 g/mol. The number of nitrogens with zero attached hydrogens (tertiary/aromatic N) is 6. The molecule has 4 aliphatic heterocycles. The molecule has 0 radical (unpaired) electrons. The van der Waals surface area contributed by atoms with Crippen molar-refractivity contribution in [1.29, 1.82) is 0 Å². The number of pyridine rings is 2. The van der Waals surface area contributed by atoms with Gasteiger partial charge < -0.3 is 9.80 Å². The van der Waals surface area contributed by atoms with Crippen LogP contribution in [-0.2, 0) is 19.0 Å². The summed E-state index contributed by atoms with van der Waals surface area (Å²) in [6.45, 7) is 1.18. The molecule has 4 amide bonds. The molecule has 2 aromatic heterocycles. The van der Waals surface area contributed by atoms with Gasteiger partial charge in [0, 0.05) is 51.0 Å². The minimum absolute atomic E-state index is 0.278. The Bertz CT molecular complexity index is 1250. The van der Waals surface area contributed by atoms with E-state index in [1.807, 2.05) is 24.3 Å². The van der Waals surface area contributed by atoms with E-state index in [0.717, 1.165) is 32.4 Å². The summed E-state index contributed by atoms with van der Waals surface area (Å²) in [6.07, 6.45) is 10.1. The number of carbonyl (C=O) groups excluding carboxylic acids is 2. The van der Waals surface area contributed by atoms with Gasteiger partial charge in [0.15, 0.2) is 0 Å². The fourth-order valence-corrected chi connectivity index (χ4v) is 5.47. The van der Waals surface area contributed by atoms with Crippen molar-refractivity contribution in [3.8, 4) is 0 Å². The normalized spacial score (nSPS) is 23.7. The lowest BCUT2D eigenvalue weighted by atomic mass is 10.0. The van der Waals surface area contributed by atoms with Crippen molar-refractivity contribution >= 4 is 33.6 Å². The van der Waals surface area contributed by atoms with E-state index in [0.29, 0.717) is 13.1 Å². The number of fused-ring (bicyclic) bond motifs is 4. The zero-order chi connectivity index (χ0) is 24.2. The summed E-state index contributed by atoms with van der Waals surface area (Å²) in [6, 6.07) is 4.79. The number of aromatic nitrogens is 2. The number of hydrogen-bond donors (Lipinski definition) is 0. The zero-order valence-electron chi connectivity index (χ0n) is 18.3. The van der Waals surface area contributed by atoms with Gasteiger partial charge in [-0.05, 0) is 46.5 Å². The molecule has 35 heavy (non-hydrogen) atoms. The second kappa shape index (κ2) is 8.15. The van der Waals surface area contributed by atoms with Crippen LogP contribution in [0.25, 0.3) is 11.1 Å².